The van der Waals surface area contributed by atoms with E-state index in [1.807, 2.05) is 4.98 Å². The number of hydrogen-bond donors (Lipinski definition) is 15. The van der Waals surface area contributed by atoms with Crippen molar-refractivity contribution in [1.82, 2.24) is 62.3 Å². The number of nitrogens with one attached hydrogen (secondary N) is 10. The lowest BCUT2D eigenvalue weighted by Crippen LogP contribution is -2.61. The van der Waals surface area contributed by atoms with Crippen molar-refractivity contribution in [1.29, 1.82) is 0 Å². The van der Waals surface area contributed by atoms with Crippen molar-refractivity contribution in [3.63, 3.8) is 0 Å². The van der Waals surface area contributed by atoms with Crippen LogP contribution in [0.1, 0.15) is 137 Å². The van der Waals surface area contributed by atoms with Gasteiger partial charge in [0.15, 0.2) is 12.3 Å². The molecule has 0 radical (unpaired) electrons. The Morgan fingerprint density at radius 1 is 0.726 bits per heavy atom. The third-order valence-electron chi connectivity index (χ3n) is 18.9. The van der Waals surface area contributed by atoms with Crippen molar-refractivity contribution in [2.75, 3.05) is 46.4 Å². The van der Waals surface area contributed by atoms with Crippen LogP contribution < -0.4 is 63.8 Å². The molecule has 2 fully saturated rings. The van der Waals surface area contributed by atoms with Crippen LogP contribution in [0, 0.1) is 17.8 Å². The second kappa shape index (κ2) is 40.9. The van der Waals surface area contributed by atoms with Gasteiger partial charge in [-0.3, -0.25) is 62.3 Å². The van der Waals surface area contributed by atoms with E-state index >= 15 is 9.59 Å². The van der Waals surface area contributed by atoms with Crippen LogP contribution in [0.2, 0.25) is 0 Å². The number of carbonyl (C=O) groups excluding carboxylic acids is 11. The molecule has 0 spiro atoms. The van der Waals surface area contributed by atoms with Gasteiger partial charge in [0.05, 0.1) is 18.1 Å². The number of unbranched alkanes of at least 4 members (excludes halogenated alkanes) is 4. The molecule has 3 aromatic rings. The molecule has 584 valence electrons. The van der Waals surface area contributed by atoms with Crippen LogP contribution in [0.15, 0.2) is 88.6 Å². The van der Waals surface area contributed by atoms with Crippen molar-refractivity contribution >= 4 is 65.1 Å². The van der Waals surface area contributed by atoms with E-state index in [4.69, 9.17) is 18.9 Å². The number of aromatic amines is 1. The molecular weight excluding hydrogens is 1380 g/mol. The highest BCUT2D eigenvalue weighted by Crippen LogP contribution is 2.29. The maximum absolute atomic E-state index is 15.5. The Labute approximate surface area is 613 Å². The van der Waals surface area contributed by atoms with Crippen LogP contribution in [0.25, 0.3) is 0 Å². The molecule has 17 atom stereocenters. The Balaban J connectivity index is 1.19. The SMILES string of the molecule is CC[C@H](C)[C@H]1NC(=O)[C@@H](NC(=O)[C@H](C)[C@H](O)C(C)C)[C@@H](C)OC(=O)[C@@H]2COC(=O)CNC(=O)/C=C/[C@@](O)(CNCCCCCCCNC(=O)CCCC(=O)NC[C@H]3O[C@@H](n4ccc(=O)[nH]c4=O)[C@H](O)[C@@H]3O)[C@H](C)Oc3ccc(cc3)[C@H](NC1=O)C(=O)N(C)[C@@H](Cc1ccccc1)C(=O)N[C@H]([C@@H](C)O)C(=O)N2. The number of aromatic nitrogens is 2. The minimum absolute atomic E-state index is 0.0163. The van der Waals surface area contributed by atoms with Gasteiger partial charge in [0, 0.05) is 64.3 Å². The Morgan fingerprint density at radius 2 is 1.37 bits per heavy atom. The van der Waals surface area contributed by atoms with E-state index in [9.17, 15) is 78.3 Å². The minimum atomic E-state index is -2.02. The van der Waals surface area contributed by atoms with Crippen molar-refractivity contribution in [2.24, 2.45) is 17.8 Å². The molecule has 0 unspecified atom stereocenters. The highest BCUT2D eigenvalue weighted by atomic mass is 16.6. The van der Waals surface area contributed by atoms with E-state index in [2.05, 4.69) is 47.9 Å². The van der Waals surface area contributed by atoms with Crippen LogP contribution in [0.3, 0.4) is 0 Å². The zero-order chi connectivity index (χ0) is 78.1. The Kier molecular flexibility index (Phi) is 33.0. The number of H-pyrrole nitrogens is 1. The van der Waals surface area contributed by atoms with Gasteiger partial charge in [-0.1, -0.05) is 103 Å². The number of aliphatic hydroxyl groups excluding tert-OH is 4. The average molecular weight is 1490 g/mol. The van der Waals surface area contributed by atoms with Gasteiger partial charge in [-0.15, -0.1) is 0 Å². The number of nitrogens with zero attached hydrogens (tertiary/aromatic N) is 2. The lowest BCUT2D eigenvalue weighted by atomic mass is 9.93. The summed E-state index contributed by atoms with van der Waals surface area (Å²) in [6, 6.07) is 4.81. The number of aliphatic hydroxyl groups is 5. The van der Waals surface area contributed by atoms with Crippen LogP contribution in [-0.4, -0.2) is 230 Å². The molecule has 5 heterocycles. The molecule has 9 amide bonds. The summed E-state index contributed by atoms with van der Waals surface area (Å²) in [5.74, 6) is -12.4. The molecule has 4 aliphatic heterocycles. The molecule has 15 N–H and O–H groups in total. The van der Waals surface area contributed by atoms with E-state index in [0.29, 0.717) is 31.5 Å². The molecule has 106 heavy (non-hydrogen) atoms. The Hall–Kier alpha value is -9.45. The van der Waals surface area contributed by atoms with Gasteiger partial charge in [-0.05, 0) is 87.7 Å². The molecule has 2 saturated heterocycles. The third kappa shape index (κ3) is 24.8. The summed E-state index contributed by atoms with van der Waals surface area (Å²) in [6.07, 6.45) is -4.03. The van der Waals surface area contributed by atoms with E-state index in [-0.39, 0.29) is 62.4 Å². The lowest BCUT2D eigenvalue weighted by molar-refractivity contribution is -0.160. The number of fused-ring (bicyclic) bond motifs is 11. The van der Waals surface area contributed by atoms with E-state index in [1.165, 1.54) is 52.1 Å². The maximum Gasteiger partial charge on any atom is 0.332 e. The van der Waals surface area contributed by atoms with Gasteiger partial charge in [0.2, 0.25) is 53.2 Å². The first-order valence-corrected chi connectivity index (χ1v) is 35.8. The fraction of sp³-hybridized carbons (Fsp3) is 0.597. The summed E-state index contributed by atoms with van der Waals surface area (Å²) in [6.45, 7) is 10.5. The molecule has 0 saturated carbocycles. The summed E-state index contributed by atoms with van der Waals surface area (Å²) in [5, 5.41) is 79.2. The van der Waals surface area contributed by atoms with E-state index in [1.54, 1.807) is 58.0 Å². The van der Waals surface area contributed by atoms with Crippen molar-refractivity contribution < 1.29 is 97.2 Å². The quantitative estimate of drug-likeness (QED) is 0.0297. The molecule has 4 bridgehead atoms. The first-order chi connectivity index (χ1) is 50.2. The first kappa shape index (κ1) is 85.5. The molecule has 34 nitrogen and oxygen atoms in total. The number of likely N-dealkylation sites (N-methyl/N-ethyl adjacent to an activating group) is 1. The molecule has 34 heteroatoms. The zero-order valence-electron chi connectivity index (χ0n) is 61.2. The summed E-state index contributed by atoms with van der Waals surface area (Å²) in [5.41, 5.74) is -2.84. The van der Waals surface area contributed by atoms with Crippen molar-refractivity contribution in [3.8, 4) is 5.75 Å². The van der Waals surface area contributed by atoms with Crippen molar-refractivity contribution in [3.05, 3.63) is 111 Å². The van der Waals surface area contributed by atoms with Gasteiger partial charge >= 0.3 is 17.6 Å². The summed E-state index contributed by atoms with van der Waals surface area (Å²) < 4.78 is 24.1. The largest absolute Gasteiger partial charge is 0.487 e. The number of hydrogen-bond acceptors (Lipinski definition) is 23. The summed E-state index contributed by atoms with van der Waals surface area (Å²) >= 11 is 0. The molecule has 4 aliphatic rings. The van der Waals surface area contributed by atoms with Gasteiger partial charge < -0.3 is 97.2 Å². The third-order valence-corrected chi connectivity index (χ3v) is 18.9. The van der Waals surface area contributed by atoms with E-state index in [0.717, 1.165) is 60.1 Å². The smallest absolute Gasteiger partial charge is 0.332 e. The van der Waals surface area contributed by atoms with Crippen LogP contribution in [0.4, 0.5) is 0 Å². The fourth-order valence-electron chi connectivity index (χ4n) is 11.9. The number of amides is 9. The number of esters is 2. The number of carbonyl (C=O) groups is 11. The second-order valence-corrected chi connectivity index (χ2v) is 27.5. The van der Waals surface area contributed by atoms with Crippen LogP contribution in [-0.2, 0) is 73.4 Å². The van der Waals surface area contributed by atoms with Gasteiger partial charge in [-0.2, -0.15) is 0 Å². The molecule has 2 aromatic carbocycles. The van der Waals surface area contributed by atoms with E-state index < -0.39 is 192 Å². The normalized spacial score (nSPS) is 26.9. The number of rotatable bonds is 26. The highest BCUT2D eigenvalue weighted by Gasteiger charge is 2.46. The van der Waals surface area contributed by atoms with Gasteiger partial charge in [0.25, 0.3) is 5.56 Å². The fourth-order valence-corrected chi connectivity index (χ4v) is 11.9. The Morgan fingerprint density at radius 3 is 2.02 bits per heavy atom. The lowest BCUT2D eigenvalue weighted by Gasteiger charge is -2.34. The average Bonchev–Trinajstić information content (AvgIpc) is 1.50. The predicted molar refractivity (Wildman–Crippen MR) is 380 cm³/mol. The molecule has 0 aliphatic carbocycles. The standard InChI is InChI=1S/C72H104N12O22/c1-10-40(4)56-65(96)82-59-46-24-26-47(27-25-46)105-44(8)72(102,38-73-31-17-12-11-13-18-32-74-51(86)22-19-23-52(87)75-35-50-61(92)62(93)69(106-50)84-33-29-54(89)78-71(84)101)30-28-53(88)76-36-55(90)103-37-48(70(100)104-43(7)58(67(98)79-56)81-63(94)41(5)60(91)39(2)3)77-66(97)57(42(6)85)80-64(95)49(83(9)68(59)99)34-45-20-15-14-16-21-45/h14-16,20-21,24-30,33,39-44,48-50,56-62,69,73,85,91-93,102H,10-13,17-19,22-23,31-32,34-38H2,1-9H3,(H,74,86)(H,75,87)(H,76,88)(H,77,97)(H,79,98)(H,80,95)(H,81,94)(H,82,96)(H,78,89,101)/b30-28+/t40-,41+,42+,43+,44-,48-,49-,50+,56+,57+,58-,59-,60+,61+,62+,69+,72+/m0/s1. The number of cyclic esters (lactones) is 1. The van der Waals surface area contributed by atoms with Crippen LogP contribution in [0.5, 0.6) is 5.75 Å². The summed E-state index contributed by atoms with van der Waals surface area (Å²) in [7, 11) is 1.29. The number of ether oxygens (including phenoxy) is 4. The molecular formula is C72H104N12O22. The number of benzene rings is 2. The van der Waals surface area contributed by atoms with Gasteiger partial charge in [0.1, 0.15) is 85.2 Å². The Bertz CT molecular complexity index is 3650. The molecule has 7 rings (SSSR count). The minimum Gasteiger partial charge on any atom is -0.487 e. The zero-order valence-corrected chi connectivity index (χ0v) is 61.2. The second-order valence-electron chi connectivity index (χ2n) is 27.5. The topological polar surface area (TPSA) is 492 Å². The maximum atomic E-state index is 15.5. The van der Waals surface area contributed by atoms with Gasteiger partial charge in [-0.25, -0.2) is 9.59 Å². The highest BCUT2D eigenvalue weighted by molar-refractivity contribution is 5.98. The monoisotopic (exact) mass is 1490 g/mol. The van der Waals surface area contributed by atoms with Crippen molar-refractivity contribution in [2.45, 2.75) is 210 Å². The predicted octanol–water partition coefficient (Wildman–Crippen LogP) is -2.28. The van der Waals surface area contributed by atoms with Crippen LogP contribution >= 0.6 is 0 Å². The summed E-state index contributed by atoms with van der Waals surface area (Å²) in [4.78, 5) is 182. The molecule has 1 aromatic heterocycles. The first-order valence-electron chi connectivity index (χ1n) is 35.8.